The average Bonchev–Trinajstić information content (AvgIpc) is 2.85. The minimum Gasteiger partial charge on any atom is -0.548 e. The summed E-state index contributed by atoms with van der Waals surface area (Å²) in [6, 6.07) is 16.1. The summed E-state index contributed by atoms with van der Waals surface area (Å²) < 4.78 is 1.81. The number of aryl methyl sites for hydroxylation is 1. The molecule has 0 fully saturated rings. The number of carbonyl (C=O) groups excluding carboxylic acids is 1. The third-order valence-electron chi connectivity index (χ3n) is 4.68. The second kappa shape index (κ2) is 7.23. The fourth-order valence-electron chi connectivity index (χ4n) is 3.58. The Hall–Kier alpha value is -2.14. The van der Waals surface area contributed by atoms with Gasteiger partial charge in [0.2, 0.25) is 0 Å². The Morgan fingerprint density at radius 3 is 2.62 bits per heavy atom. The maximum Gasteiger partial charge on any atom is 1.00 e. The second-order valence-electron chi connectivity index (χ2n) is 6.31. The van der Waals surface area contributed by atoms with Gasteiger partial charge < -0.3 is 14.5 Å². The minimum atomic E-state index is -1.09. The zero-order valence-corrected chi connectivity index (χ0v) is 17.1. The van der Waals surface area contributed by atoms with Crippen LogP contribution in [-0.4, -0.2) is 15.5 Å². The van der Waals surface area contributed by atoms with Crippen molar-refractivity contribution in [2.75, 3.05) is 0 Å². The van der Waals surface area contributed by atoms with Crippen molar-refractivity contribution in [3.8, 4) is 11.1 Å². The maximum absolute atomic E-state index is 11.2. The number of hydrogen-bond donors (Lipinski definition) is 0. The van der Waals surface area contributed by atoms with E-state index in [0.29, 0.717) is 0 Å². The van der Waals surface area contributed by atoms with Gasteiger partial charge in [-0.15, -0.1) is 0 Å². The fraction of sp³-hybridized carbons (Fsp3) is 0.143. The van der Waals surface area contributed by atoms with Gasteiger partial charge >= 0.3 is 29.6 Å². The number of aliphatic carboxylic acids is 1. The molecule has 0 bridgehead atoms. The topological polar surface area (TPSA) is 58.0 Å². The molecule has 4 rings (SSSR count). The van der Waals surface area contributed by atoms with Crippen LogP contribution in [0.1, 0.15) is 11.3 Å². The fourth-order valence-corrected chi connectivity index (χ4v) is 3.58. The molecule has 4 aromatic rings. The second-order valence-corrected chi connectivity index (χ2v) is 6.31. The van der Waals surface area contributed by atoms with Crippen LogP contribution in [0.15, 0.2) is 54.7 Å². The van der Waals surface area contributed by atoms with Crippen molar-refractivity contribution in [2.24, 2.45) is 0 Å². The Labute approximate surface area is 173 Å². The molecule has 2 aromatic heterocycles. The number of carbonyl (C=O) groups is 1. The summed E-state index contributed by atoms with van der Waals surface area (Å²) >= 11 is 0. The summed E-state index contributed by atoms with van der Waals surface area (Å²) in [4.78, 5) is 15.7. The summed E-state index contributed by atoms with van der Waals surface area (Å²) in [7, 11) is 0. The van der Waals surface area contributed by atoms with E-state index in [2.05, 4.69) is 17.1 Å². The number of carboxylic acid groups (broad SMARTS) is 1. The molecule has 5 heteroatoms. The first-order valence-electron chi connectivity index (χ1n) is 8.19. The van der Waals surface area contributed by atoms with Crippen LogP contribution in [0.25, 0.3) is 32.9 Å². The molecule has 4 nitrogen and oxygen atoms in total. The van der Waals surface area contributed by atoms with Crippen LogP contribution < -0.4 is 34.7 Å². The molecule has 0 aliphatic rings. The number of carboxylic acids is 1. The van der Waals surface area contributed by atoms with E-state index in [1.165, 1.54) is 0 Å². The third kappa shape index (κ3) is 3.05. The van der Waals surface area contributed by atoms with E-state index in [-0.39, 0.29) is 36.1 Å². The number of fused-ring (bicyclic) bond motifs is 2. The quantitative estimate of drug-likeness (QED) is 0.496. The SMILES string of the molecule is Cc1ccc2c(c1)c(-c1ccnc3ccccc13)c(C)n2CC(=O)[O-].[Na+]. The number of hydrogen-bond acceptors (Lipinski definition) is 3. The number of benzene rings is 2. The largest absolute Gasteiger partial charge is 1.00 e. The Kier molecular flexibility index (Phi) is 5.19. The van der Waals surface area contributed by atoms with Crippen LogP contribution in [0.2, 0.25) is 0 Å². The smallest absolute Gasteiger partial charge is 0.548 e. The van der Waals surface area contributed by atoms with Gasteiger partial charge in [-0.25, -0.2) is 0 Å². The molecule has 0 saturated carbocycles. The number of rotatable bonds is 3. The number of pyridine rings is 1. The monoisotopic (exact) mass is 352 g/mol. The molecular weight excluding hydrogens is 335 g/mol. The van der Waals surface area contributed by atoms with Crippen LogP contribution in [0, 0.1) is 13.8 Å². The Morgan fingerprint density at radius 2 is 1.85 bits per heavy atom. The standard InChI is InChI=1S/C21H18N2O2.Na/c1-13-7-8-19-17(11-13)21(14(2)23(19)12-20(24)25)16-9-10-22-18-6-4-3-5-15(16)18;/h3-11H,12H2,1-2H3,(H,24,25);/q;+1/p-1. The molecule has 0 aliphatic carbocycles. The maximum atomic E-state index is 11.2. The molecule has 0 saturated heterocycles. The van der Waals surface area contributed by atoms with E-state index in [9.17, 15) is 9.90 Å². The van der Waals surface area contributed by atoms with Crippen molar-refractivity contribution in [2.45, 2.75) is 20.4 Å². The van der Waals surface area contributed by atoms with Gasteiger partial charge in [-0.3, -0.25) is 4.98 Å². The van der Waals surface area contributed by atoms with Gasteiger partial charge in [-0.1, -0.05) is 29.8 Å². The van der Waals surface area contributed by atoms with Crippen molar-refractivity contribution >= 4 is 27.8 Å². The van der Waals surface area contributed by atoms with Gasteiger partial charge in [0.25, 0.3) is 0 Å². The summed E-state index contributed by atoms with van der Waals surface area (Å²) in [5.41, 5.74) is 6.00. The number of nitrogens with zero attached hydrogens (tertiary/aromatic N) is 2. The first kappa shape index (κ1) is 18.6. The third-order valence-corrected chi connectivity index (χ3v) is 4.68. The molecule has 0 spiro atoms. The van der Waals surface area contributed by atoms with Crippen molar-refractivity contribution in [1.82, 2.24) is 9.55 Å². The van der Waals surface area contributed by atoms with Gasteiger partial charge in [0.1, 0.15) is 0 Å². The summed E-state index contributed by atoms with van der Waals surface area (Å²) in [6.45, 7) is 3.84. The molecule has 0 radical (unpaired) electrons. The first-order valence-corrected chi connectivity index (χ1v) is 8.19. The van der Waals surface area contributed by atoms with E-state index < -0.39 is 5.97 Å². The van der Waals surface area contributed by atoms with Crippen molar-refractivity contribution < 1.29 is 39.5 Å². The van der Waals surface area contributed by atoms with Gasteiger partial charge in [0.15, 0.2) is 0 Å². The Balaban J connectivity index is 0.00000196. The molecule has 0 amide bonds. The summed E-state index contributed by atoms with van der Waals surface area (Å²) in [6.07, 6.45) is 1.80. The zero-order valence-electron chi connectivity index (χ0n) is 15.1. The van der Waals surface area contributed by atoms with Crippen LogP contribution in [0.5, 0.6) is 0 Å². The Morgan fingerprint density at radius 1 is 1.08 bits per heavy atom. The predicted molar refractivity (Wildman–Crippen MR) is 97.2 cm³/mol. The van der Waals surface area contributed by atoms with Gasteiger partial charge in [0.05, 0.1) is 18.0 Å². The normalized spacial score (nSPS) is 10.8. The molecule has 2 heterocycles. The van der Waals surface area contributed by atoms with Crippen LogP contribution in [-0.2, 0) is 11.3 Å². The van der Waals surface area contributed by atoms with E-state index in [4.69, 9.17) is 0 Å². The molecular formula is C21H17N2NaO2. The van der Waals surface area contributed by atoms with E-state index in [1.807, 2.05) is 54.8 Å². The average molecular weight is 352 g/mol. The molecule has 0 unspecified atom stereocenters. The molecule has 0 aliphatic heterocycles. The summed E-state index contributed by atoms with van der Waals surface area (Å²) in [5.74, 6) is -1.09. The molecule has 124 valence electrons. The first-order chi connectivity index (χ1) is 12.1. The molecule has 0 N–H and O–H groups in total. The summed E-state index contributed by atoms with van der Waals surface area (Å²) in [5, 5.41) is 13.4. The van der Waals surface area contributed by atoms with Crippen molar-refractivity contribution in [1.29, 1.82) is 0 Å². The minimum absolute atomic E-state index is 0. The van der Waals surface area contributed by atoms with Crippen LogP contribution in [0.4, 0.5) is 0 Å². The number of para-hydroxylation sites is 1. The van der Waals surface area contributed by atoms with E-state index >= 15 is 0 Å². The van der Waals surface area contributed by atoms with Gasteiger partial charge in [-0.05, 0) is 43.7 Å². The predicted octanol–water partition coefficient (Wildman–Crippen LogP) is 0.227. The van der Waals surface area contributed by atoms with Crippen LogP contribution in [0.3, 0.4) is 0 Å². The van der Waals surface area contributed by atoms with Crippen LogP contribution >= 0.6 is 0 Å². The Bertz CT molecular complexity index is 1130. The molecule has 26 heavy (non-hydrogen) atoms. The van der Waals surface area contributed by atoms with Crippen molar-refractivity contribution in [3.05, 3.63) is 66.0 Å². The number of aromatic nitrogens is 2. The van der Waals surface area contributed by atoms with Crippen molar-refractivity contribution in [3.63, 3.8) is 0 Å². The van der Waals surface area contributed by atoms with E-state index in [1.54, 1.807) is 6.20 Å². The van der Waals surface area contributed by atoms with Gasteiger partial charge in [-0.2, -0.15) is 0 Å². The molecule has 2 aromatic carbocycles. The van der Waals surface area contributed by atoms with E-state index in [0.717, 1.165) is 44.2 Å². The zero-order chi connectivity index (χ0) is 17.6. The molecule has 0 atom stereocenters. The van der Waals surface area contributed by atoms with Gasteiger partial charge in [0, 0.05) is 33.7 Å².